The van der Waals surface area contributed by atoms with Gasteiger partial charge in [-0.3, -0.25) is 9.48 Å². The Morgan fingerprint density at radius 2 is 2.09 bits per heavy atom. The molecule has 2 aromatic rings. The van der Waals surface area contributed by atoms with Gasteiger partial charge in [0, 0.05) is 13.6 Å². The van der Waals surface area contributed by atoms with Crippen LogP contribution in [0.3, 0.4) is 0 Å². The van der Waals surface area contributed by atoms with E-state index in [4.69, 9.17) is 0 Å². The summed E-state index contributed by atoms with van der Waals surface area (Å²) in [5.74, 6) is -0.208. The Morgan fingerprint density at radius 1 is 1.35 bits per heavy atom. The summed E-state index contributed by atoms with van der Waals surface area (Å²) >= 11 is 0. The molecule has 5 nitrogen and oxygen atoms in total. The SMILES string of the molecule is Cc1cc(C(=O)NCc2cccc(OCC(F)(F)F)c2)n(C)n1. The molecule has 0 unspecified atom stereocenters. The van der Waals surface area contributed by atoms with Crippen molar-refractivity contribution in [3.8, 4) is 5.75 Å². The molecule has 0 atom stereocenters. The van der Waals surface area contributed by atoms with E-state index < -0.39 is 12.8 Å². The van der Waals surface area contributed by atoms with Crippen LogP contribution in [0.2, 0.25) is 0 Å². The number of carbonyl (C=O) groups is 1. The van der Waals surface area contributed by atoms with Crippen LogP contribution in [-0.4, -0.2) is 28.5 Å². The van der Waals surface area contributed by atoms with Crippen LogP contribution in [0.1, 0.15) is 21.7 Å². The van der Waals surface area contributed by atoms with Gasteiger partial charge >= 0.3 is 6.18 Å². The fraction of sp³-hybridized carbons (Fsp3) is 0.333. The molecule has 1 heterocycles. The zero-order chi connectivity index (χ0) is 17.0. The maximum atomic E-state index is 12.1. The number of alkyl halides is 3. The van der Waals surface area contributed by atoms with E-state index in [9.17, 15) is 18.0 Å². The quantitative estimate of drug-likeness (QED) is 0.918. The summed E-state index contributed by atoms with van der Waals surface area (Å²) in [5, 5.41) is 6.77. The first kappa shape index (κ1) is 16.9. The van der Waals surface area contributed by atoms with Crippen LogP contribution < -0.4 is 10.1 Å². The minimum absolute atomic E-state index is 0.102. The van der Waals surface area contributed by atoms with Crippen LogP contribution in [0.15, 0.2) is 30.3 Å². The lowest BCUT2D eigenvalue weighted by molar-refractivity contribution is -0.153. The van der Waals surface area contributed by atoms with Crippen LogP contribution in [0.5, 0.6) is 5.75 Å². The number of hydrogen-bond donors (Lipinski definition) is 1. The van der Waals surface area contributed by atoms with Crippen molar-refractivity contribution in [3.05, 3.63) is 47.3 Å². The van der Waals surface area contributed by atoms with Gasteiger partial charge in [-0.05, 0) is 30.7 Å². The number of benzene rings is 1. The van der Waals surface area contributed by atoms with E-state index in [1.165, 1.54) is 16.8 Å². The summed E-state index contributed by atoms with van der Waals surface area (Å²) in [6.07, 6.45) is -4.39. The zero-order valence-electron chi connectivity index (χ0n) is 12.6. The number of nitrogens with one attached hydrogen (secondary N) is 1. The maximum Gasteiger partial charge on any atom is 0.422 e. The molecule has 8 heteroatoms. The van der Waals surface area contributed by atoms with Crippen molar-refractivity contribution in [3.63, 3.8) is 0 Å². The number of aromatic nitrogens is 2. The highest BCUT2D eigenvalue weighted by atomic mass is 19.4. The number of hydrogen-bond acceptors (Lipinski definition) is 3. The number of amides is 1. The fourth-order valence-corrected chi connectivity index (χ4v) is 2.01. The molecule has 0 aliphatic carbocycles. The molecule has 2 rings (SSSR count). The molecular formula is C15H16F3N3O2. The molecule has 0 fully saturated rings. The minimum atomic E-state index is -4.39. The molecular weight excluding hydrogens is 311 g/mol. The van der Waals surface area contributed by atoms with Gasteiger partial charge in [0.25, 0.3) is 5.91 Å². The van der Waals surface area contributed by atoms with Gasteiger partial charge in [-0.2, -0.15) is 18.3 Å². The van der Waals surface area contributed by atoms with Crippen molar-refractivity contribution in [2.45, 2.75) is 19.6 Å². The molecule has 1 aromatic carbocycles. The smallest absolute Gasteiger partial charge is 0.422 e. The van der Waals surface area contributed by atoms with Gasteiger partial charge in [-0.1, -0.05) is 12.1 Å². The summed E-state index contributed by atoms with van der Waals surface area (Å²) in [7, 11) is 1.66. The second kappa shape index (κ2) is 6.72. The predicted molar refractivity (Wildman–Crippen MR) is 77.1 cm³/mol. The second-order valence-electron chi connectivity index (χ2n) is 5.03. The molecule has 0 saturated carbocycles. The molecule has 1 N–H and O–H groups in total. The molecule has 0 bridgehead atoms. The van der Waals surface area contributed by atoms with Crippen molar-refractivity contribution in [2.24, 2.45) is 7.05 Å². The lowest BCUT2D eigenvalue weighted by Crippen LogP contribution is -2.25. The van der Waals surface area contributed by atoms with Crippen LogP contribution in [0, 0.1) is 6.92 Å². The van der Waals surface area contributed by atoms with Crippen molar-refractivity contribution < 1.29 is 22.7 Å². The summed E-state index contributed by atoms with van der Waals surface area (Å²) in [6, 6.07) is 7.80. The summed E-state index contributed by atoms with van der Waals surface area (Å²) < 4.78 is 42.5. The van der Waals surface area contributed by atoms with Gasteiger partial charge in [0.15, 0.2) is 6.61 Å². The number of rotatable bonds is 5. The monoisotopic (exact) mass is 327 g/mol. The lowest BCUT2D eigenvalue weighted by Gasteiger charge is -2.10. The van der Waals surface area contributed by atoms with Gasteiger partial charge in [0.05, 0.1) is 5.69 Å². The predicted octanol–water partition coefficient (Wildman–Crippen LogP) is 2.60. The third-order valence-electron chi connectivity index (χ3n) is 2.99. The normalized spacial score (nSPS) is 11.3. The Labute approximate surface area is 131 Å². The molecule has 23 heavy (non-hydrogen) atoms. The highest BCUT2D eigenvalue weighted by Crippen LogP contribution is 2.19. The number of ether oxygens (including phenoxy) is 1. The van der Waals surface area contributed by atoms with Gasteiger partial charge in [-0.15, -0.1) is 0 Å². The molecule has 124 valence electrons. The number of carbonyl (C=O) groups excluding carboxylic acids is 1. The van der Waals surface area contributed by atoms with Crippen molar-refractivity contribution in [1.29, 1.82) is 0 Å². The molecule has 0 spiro atoms. The van der Waals surface area contributed by atoms with E-state index in [-0.39, 0.29) is 18.2 Å². The Bertz CT molecular complexity index is 696. The molecule has 1 amide bonds. The van der Waals surface area contributed by atoms with Crippen LogP contribution in [-0.2, 0) is 13.6 Å². The van der Waals surface area contributed by atoms with E-state index in [2.05, 4.69) is 15.2 Å². The van der Waals surface area contributed by atoms with Gasteiger partial charge in [0.2, 0.25) is 0 Å². The molecule has 0 aliphatic heterocycles. The van der Waals surface area contributed by atoms with Crippen molar-refractivity contribution >= 4 is 5.91 Å². The Hall–Kier alpha value is -2.51. The Balaban J connectivity index is 1.95. The van der Waals surface area contributed by atoms with E-state index in [1.54, 1.807) is 32.2 Å². The fourth-order valence-electron chi connectivity index (χ4n) is 2.01. The van der Waals surface area contributed by atoms with E-state index >= 15 is 0 Å². The number of aryl methyl sites for hydroxylation is 2. The van der Waals surface area contributed by atoms with E-state index in [1.807, 2.05) is 0 Å². The van der Waals surface area contributed by atoms with Gasteiger partial charge < -0.3 is 10.1 Å². The number of halogens is 3. The summed E-state index contributed by atoms with van der Waals surface area (Å²) in [6.45, 7) is 0.599. The molecule has 0 saturated heterocycles. The Morgan fingerprint density at radius 3 is 2.70 bits per heavy atom. The number of nitrogens with zero attached hydrogens (tertiary/aromatic N) is 2. The first-order valence-electron chi connectivity index (χ1n) is 6.82. The third-order valence-corrected chi connectivity index (χ3v) is 2.99. The molecule has 0 aliphatic rings. The lowest BCUT2D eigenvalue weighted by atomic mass is 10.2. The van der Waals surface area contributed by atoms with Crippen LogP contribution >= 0.6 is 0 Å². The maximum absolute atomic E-state index is 12.1. The van der Waals surface area contributed by atoms with E-state index in [0.717, 1.165) is 5.69 Å². The summed E-state index contributed by atoms with van der Waals surface area (Å²) in [5.41, 5.74) is 1.77. The van der Waals surface area contributed by atoms with Gasteiger partial charge in [0.1, 0.15) is 11.4 Å². The highest BCUT2D eigenvalue weighted by Gasteiger charge is 2.28. The van der Waals surface area contributed by atoms with Crippen LogP contribution in [0.25, 0.3) is 0 Å². The molecule has 0 radical (unpaired) electrons. The van der Waals surface area contributed by atoms with Crippen molar-refractivity contribution in [2.75, 3.05) is 6.61 Å². The standard InChI is InChI=1S/C15H16F3N3O2/c1-10-6-13(21(2)20-10)14(22)19-8-11-4-3-5-12(7-11)23-9-15(16,17)18/h3-7H,8-9H2,1-2H3,(H,19,22). The van der Waals surface area contributed by atoms with Crippen molar-refractivity contribution in [1.82, 2.24) is 15.1 Å². The molecule has 1 aromatic heterocycles. The minimum Gasteiger partial charge on any atom is -0.484 e. The second-order valence-corrected chi connectivity index (χ2v) is 5.03. The third kappa shape index (κ3) is 5.01. The van der Waals surface area contributed by atoms with Crippen LogP contribution in [0.4, 0.5) is 13.2 Å². The summed E-state index contributed by atoms with van der Waals surface area (Å²) in [4.78, 5) is 12.0. The first-order valence-corrected chi connectivity index (χ1v) is 6.82. The zero-order valence-corrected chi connectivity index (χ0v) is 12.6. The van der Waals surface area contributed by atoms with E-state index in [0.29, 0.717) is 11.3 Å². The topological polar surface area (TPSA) is 56.1 Å². The largest absolute Gasteiger partial charge is 0.484 e. The highest BCUT2D eigenvalue weighted by molar-refractivity contribution is 5.92. The van der Waals surface area contributed by atoms with Gasteiger partial charge in [-0.25, -0.2) is 0 Å². The Kier molecular flexibility index (Phi) is 4.92. The first-order chi connectivity index (χ1) is 10.7. The average molecular weight is 327 g/mol. The average Bonchev–Trinajstić information content (AvgIpc) is 2.81.